The first-order valence-corrected chi connectivity index (χ1v) is 12.4. The number of hydrogen-bond acceptors (Lipinski definition) is 4. The van der Waals surface area contributed by atoms with E-state index in [0.717, 1.165) is 32.6 Å². The van der Waals surface area contributed by atoms with E-state index in [1.54, 1.807) is 6.08 Å². The highest BCUT2D eigenvalue weighted by Gasteiger charge is 2.62. The van der Waals surface area contributed by atoms with E-state index >= 15 is 0 Å². The summed E-state index contributed by atoms with van der Waals surface area (Å²) >= 11 is 0. The molecule has 0 aromatic heterocycles. The van der Waals surface area contributed by atoms with Crippen LogP contribution < -0.4 is 0 Å². The highest BCUT2D eigenvalue weighted by Crippen LogP contribution is 2.67. The minimum absolute atomic E-state index is 0. The molecule has 6 nitrogen and oxygen atoms in total. The quantitative estimate of drug-likeness (QED) is 0.297. The van der Waals surface area contributed by atoms with Crippen molar-refractivity contribution >= 4 is 27.6 Å². The molecular weight excluding hydrogens is 475 g/mol. The van der Waals surface area contributed by atoms with Gasteiger partial charge in [0.15, 0.2) is 5.78 Å². The van der Waals surface area contributed by atoms with Gasteiger partial charge in [-0.1, -0.05) is 44.6 Å². The number of fused-ring (bicyclic) bond motifs is 5. The Balaban J connectivity index is 0.00000140. The van der Waals surface area contributed by atoms with Crippen molar-refractivity contribution in [2.24, 2.45) is 34.5 Å². The summed E-state index contributed by atoms with van der Waals surface area (Å²) < 4.78 is 6.02. The molecule has 0 aliphatic heterocycles. The van der Waals surface area contributed by atoms with Gasteiger partial charge in [-0.2, -0.15) is 9.90 Å². The first kappa shape index (κ1) is 34.0. The van der Waals surface area contributed by atoms with Crippen LogP contribution in [0.25, 0.3) is 0 Å². The van der Waals surface area contributed by atoms with Crippen LogP contribution in [0.15, 0.2) is 49.1 Å². The van der Waals surface area contributed by atoms with Gasteiger partial charge >= 0.3 is 5.97 Å². The van der Waals surface area contributed by atoms with E-state index < -0.39 is 5.97 Å². The molecule has 4 aliphatic carbocycles. The van der Waals surface area contributed by atoms with E-state index in [2.05, 4.69) is 46.6 Å². The van der Waals surface area contributed by atoms with Crippen molar-refractivity contribution in [3.63, 3.8) is 0 Å². The van der Waals surface area contributed by atoms with E-state index in [-0.39, 0.29) is 50.0 Å². The van der Waals surface area contributed by atoms with Crippen LogP contribution in [0.1, 0.15) is 73.1 Å². The number of esters is 1. The number of allylic oxidation sites excluding steroid dienone is 5. The summed E-state index contributed by atoms with van der Waals surface area (Å²) in [6.45, 7) is 19.9. The second kappa shape index (κ2) is 13.5. The standard InChI is InChI=1S/C25H34O3.C2H4O2.C2H4.H2O.H3P/c1-6-15(2)20-9-10-21-19-8-7-17-13-18(27)11-12-24(17,4)23(19)22(28-16(3)26)14-25(20,21)5;1-2(3)4;1-2;;/h11-13,19-23H,2,6-10,14H2,1,3-5H3;1H3,(H,3,4);1-2H2;1H2;1H3/t19?,20-,21?,22?,23?,24?,25?;;;;/m1..../s1. The van der Waals surface area contributed by atoms with Crippen molar-refractivity contribution < 1.29 is 29.7 Å². The minimum Gasteiger partial charge on any atom is -0.481 e. The van der Waals surface area contributed by atoms with Gasteiger partial charge in [-0.25, -0.2) is 0 Å². The van der Waals surface area contributed by atoms with Crippen molar-refractivity contribution in [3.8, 4) is 0 Å². The van der Waals surface area contributed by atoms with Gasteiger partial charge in [0.25, 0.3) is 5.97 Å². The van der Waals surface area contributed by atoms with Crippen molar-refractivity contribution in [1.82, 2.24) is 0 Å². The zero-order chi connectivity index (χ0) is 25.8. The lowest BCUT2D eigenvalue weighted by molar-refractivity contribution is -0.170. The molecule has 0 radical (unpaired) electrons. The maximum Gasteiger partial charge on any atom is 0.302 e. The predicted octanol–water partition coefficient (Wildman–Crippen LogP) is 5.54. The molecule has 36 heavy (non-hydrogen) atoms. The zero-order valence-electron chi connectivity index (χ0n) is 22.8. The highest BCUT2D eigenvalue weighted by molar-refractivity contribution is 6.92. The molecule has 8 atom stereocenters. The van der Waals surface area contributed by atoms with Gasteiger partial charge in [-0.3, -0.25) is 14.4 Å². The number of rotatable bonds is 3. The molecule has 0 aromatic rings. The molecule has 204 valence electrons. The monoisotopic (exact) mass is 522 g/mol. The van der Waals surface area contributed by atoms with Gasteiger partial charge in [-0.15, -0.1) is 13.2 Å². The molecule has 4 rings (SSSR count). The summed E-state index contributed by atoms with van der Waals surface area (Å²) in [6.07, 6.45) is 12.0. The van der Waals surface area contributed by atoms with Crippen molar-refractivity contribution in [1.29, 1.82) is 0 Å². The van der Waals surface area contributed by atoms with Crippen molar-refractivity contribution in [2.45, 2.75) is 79.2 Å². The predicted molar refractivity (Wildman–Crippen MR) is 150 cm³/mol. The van der Waals surface area contributed by atoms with Crippen molar-refractivity contribution in [3.05, 3.63) is 49.1 Å². The lowest BCUT2D eigenvalue weighted by Gasteiger charge is -2.59. The number of ether oxygens (including phenoxy) is 1. The molecule has 0 amide bonds. The number of ketones is 1. The first-order valence-electron chi connectivity index (χ1n) is 12.4. The average molecular weight is 523 g/mol. The first-order chi connectivity index (χ1) is 15.9. The number of carbonyl (C=O) groups is 3. The second-order valence-electron chi connectivity index (χ2n) is 10.5. The smallest absolute Gasteiger partial charge is 0.302 e. The fourth-order valence-corrected chi connectivity index (χ4v) is 7.53. The van der Waals surface area contributed by atoms with E-state index in [1.165, 1.54) is 30.9 Å². The highest BCUT2D eigenvalue weighted by atomic mass is 31.0. The van der Waals surface area contributed by atoms with Crippen LogP contribution in [-0.2, 0) is 19.1 Å². The molecule has 0 aromatic carbocycles. The number of hydrogen-bond donors (Lipinski definition) is 1. The molecule has 0 saturated heterocycles. The Hall–Kier alpha value is -2.04. The second-order valence-corrected chi connectivity index (χ2v) is 10.5. The lowest BCUT2D eigenvalue weighted by Crippen LogP contribution is -2.56. The summed E-state index contributed by atoms with van der Waals surface area (Å²) in [5.74, 6) is 1.02. The average Bonchev–Trinajstić information content (AvgIpc) is 3.10. The number of carboxylic acids is 1. The fourth-order valence-electron chi connectivity index (χ4n) is 7.53. The Kier molecular flexibility index (Phi) is 12.7. The number of aliphatic carboxylic acids is 1. The molecule has 0 spiro atoms. The molecule has 7 unspecified atom stereocenters. The van der Waals surface area contributed by atoms with Gasteiger partial charge in [0.1, 0.15) is 6.10 Å². The van der Waals surface area contributed by atoms with E-state index in [9.17, 15) is 9.59 Å². The van der Waals surface area contributed by atoms with Crippen LogP contribution in [0.3, 0.4) is 0 Å². The molecule has 3 saturated carbocycles. The van der Waals surface area contributed by atoms with Crippen LogP contribution in [0.2, 0.25) is 0 Å². The molecule has 0 bridgehead atoms. The Bertz CT molecular complexity index is 888. The van der Waals surface area contributed by atoms with Crippen LogP contribution >= 0.6 is 9.90 Å². The zero-order valence-corrected chi connectivity index (χ0v) is 24.2. The summed E-state index contributed by atoms with van der Waals surface area (Å²) in [7, 11) is 0. The van der Waals surface area contributed by atoms with E-state index in [1.807, 2.05) is 6.08 Å². The Morgan fingerprint density at radius 1 is 1.17 bits per heavy atom. The molecule has 4 aliphatic rings. The van der Waals surface area contributed by atoms with Gasteiger partial charge in [0.2, 0.25) is 0 Å². The third-order valence-electron chi connectivity index (χ3n) is 8.74. The third-order valence-corrected chi connectivity index (χ3v) is 8.74. The molecule has 3 fully saturated rings. The molecule has 0 heterocycles. The van der Waals surface area contributed by atoms with Gasteiger partial charge in [-0.05, 0) is 73.8 Å². The van der Waals surface area contributed by atoms with E-state index in [4.69, 9.17) is 14.6 Å². The molecular formula is C29H47O6P. The topological polar surface area (TPSA) is 112 Å². The summed E-state index contributed by atoms with van der Waals surface area (Å²) in [6, 6.07) is 0. The number of carbonyl (C=O) groups excluding carboxylic acids is 2. The maximum absolute atomic E-state index is 12.0. The van der Waals surface area contributed by atoms with Gasteiger partial charge in [0, 0.05) is 25.2 Å². The van der Waals surface area contributed by atoms with Gasteiger partial charge < -0.3 is 15.3 Å². The Morgan fingerprint density at radius 3 is 2.28 bits per heavy atom. The van der Waals surface area contributed by atoms with E-state index in [0.29, 0.717) is 17.8 Å². The Labute approximate surface area is 220 Å². The Morgan fingerprint density at radius 2 is 1.75 bits per heavy atom. The summed E-state index contributed by atoms with van der Waals surface area (Å²) in [5.41, 5.74) is 2.56. The summed E-state index contributed by atoms with van der Waals surface area (Å²) in [4.78, 5) is 33.1. The largest absolute Gasteiger partial charge is 0.481 e. The SMILES string of the molecule is C=C.C=C(CC)[C@H]1CCC2C3CCC4=CC(=O)C=CC4(C)C3C(OC(C)=O)CC21C.CC(=O)O.O.P. The minimum atomic E-state index is -0.833. The maximum atomic E-state index is 12.0. The third kappa shape index (κ3) is 6.44. The van der Waals surface area contributed by atoms with Crippen molar-refractivity contribution in [2.75, 3.05) is 0 Å². The van der Waals surface area contributed by atoms with Crippen LogP contribution in [0, 0.1) is 34.5 Å². The molecule has 3 N–H and O–H groups in total. The van der Waals surface area contributed by atoms with Crippen LogP contribution in [-0.4, -0.2) is 34.4 Å². The van der Waals surface area contributed by atoms with Crippen LogP contribution in [0.5, 0.6) is 0 Å². The summed E-state index contributed by atoms with van der Waals surface area (Å²) in [5, 5.41) is 7.42. The lowest BCUT2D eigenvalue weighted by atomic mass is 9.46. The molecule has 7 heteroatoms. The van der Waals surface area contributed by atoms with Gasteiger partial charge in [0.05, 0.1) is 0 Å². The number of carboxylic acid groups (broad SMARTS) is 1. The normalized spacial score (nSPS) is 35.2. The fraction of sp³-hybridized carbons (Fsp3) is 0.621. The van der Waals surface area contributed by atoms with Crippen LogP contribution in [0.4, 0.5) is 0 Å².